The van der Waals surface area contributed by atoms with Crippen LogP contribution < -0.4 is 0 Å². The van der Waals surface area contributed by atoms with Crippen molar-refractivity contribution in [2.75, 3.05) is 6.61 Å². The minimum absolute atomic E-state index is 0.0400. The number of carbonyl (C=O) groups is 1. The Morgan fingerprint density at radius 1 is 1.63 bits per heavy atom. The predicted octanol–water partition coefficient (Wildman–Crippen LogP) is 1.36. The lowest BCUT2D eigenvalue weighted by Crippen LogP contribution is -2.45. The van der Waals surface area contributed by atoms with Crippen molar-refractivity contribution in [3.8, 4) is 0 Å². The predicted molar refractivity (Wildman–Crippen MR) is 67.1 cm³/mol. The second-order valence-electron chi connectivity index (χ2n) is 4.80. The monoisotopic (exact) mass is 266 g/mol. The summed E-state index contributed by atoms with van der Waals surface area (Å²) in [6, 6.07) is 1.59. The summed E-state index contributed by atoms with van der Waals surface area (Å²) in [7, 11) is 0. The van der Waals surface area contributed by atoms with E-state index < -0.39 is 23.6 Å². The van der Waals surface area contributed by atoms with E-state index in [1.807, 2.05) is 0 Å². The third kappa shape index (κ3) is 2.43. The van der Waals surface area contributed by atoms with Gasteiger partial charge in [0.1, 0.15) is 11.5 Å². The van der Waals surface area contributed by atoms with Gasteiger partial charge in [-0.1, -0.05) is 6.08 Å². The molecule has 0 amide bonds. The topological polar surface area (TPSA) is 79.9 Å². The number of rotatable bonds is 3. The van der Waals surface area contributed by atoms with Gasteiger partial charge in [0.2, 0.25) is 0 Å². The van der Waals surface area contributed by atoms with E-state index in [4.69, 9.17) is 9.15 Å². The lowest BCUT2D eigenvalue weighted by atomic mass is 9.72. The smallest absolute Gasteiger partial charge is 0.316 e. The second kappa shape index (κ2) is 5.19. The van der Waals surface area contributed by atoms with E-state index in [-0.39, 0.29) is 13.0 Å². The molecule has 0 unspecified atom stereocenters. The number of furan rings is 1. The van der Waals surface area contributed by atoms with Crippen molar-refractivity contribution in [1.29, 1.82) is 0 Å². The maximum absolute atomic E-state index is 12.0. The van der Waals surface area contributed by atoms with Gasteiger partial charge in [-0.15, -0.1) is 0 Å². The van der Waals surface area contributed by atoms with Gasteiger partial charge in [-0.25, -0.2) is 0 Å². The molecule has 1 aromatic rings. The Morgan fingerprint density at radius 3 is 2.95 bits per heavy atom. The molecule has 0 fully saturated rings. The molecule has 5 nitrogen and oxygen atoms in total. The summed E-state index contributed by atoms with van der Waals surface area (Å²) in [5, 5.41) is 20.7. The summed E-state index contributed by atoms with van der Waals surface area (Å²) < 4.78 is 9.97. The van der Waals surface area contributed by atoms with Crippen molar-refractivity contribution in [2.45, 2.75) is 32.0 Å². The minimum Gasteiger partial charge on any atom is -0.472 e. The summed E-state index contributed by atoms with van der Waals surface area (Å²) >= 11 is 0. The van der Waals surface area contributed by atoms with Crippen molar-refractivity contribution in [3.63, 3.8) is 0 Å². The molecule has 0 saturated carbocycles. The molecule has 0 aliphatic heterocycles. The molecular weight excluding hydrogens is 248 g/mol. The number of hydrogen-bond acceptors (Lipinski definition) is 5. The van der Waals surface area contributed by atoms with E-state index in [0.717, 1.165) is 0 Å². The zero-order valence-electron chi connectivity index (χ0n) is 11.0. The Balaban J connectivity index is 2.42. The Hall–Kier alpha value is -1.59. The average molecular weight is 266 g/mol. The molecule has 1 aliphatic rings. The second-order valence-corrected chi connectivity index (χ2v) is 4.80. The molecule has 0 saturated heterocycles. The first-order valence-corrected chi connectivity index (χ1v) is 6.27. The zero-order valence-corrected chi connectivity index (χ0v) is 11.0. The quantitative estimate of drug-likeness (QED) is 0.638. The first kappa shape index (κ1) is 13.8. The van der Waals surface area contributed by atoms with Crippen LogP contribution in [0.2, 0.25) is 0 Å². The van der Waals surface area contributed by atoms with Gasteiger partial charge in [0.15, 0.2) is 0 Å². The van der Waals surface area contributed by atoms with Crippen LogP contribution in [0, 0.1) is 5.92 Å². The molecule has 0 radical (unpaired) electrons. The summed E-state index contributed by atoms with van der Waals surface area (Å²) in [6.45, 7) is 3.68. The average Bonchev–Trinajstić information content (AvgIpc) is 2.88. The molecule has 1 heterocycles. The standard InChI is InChI=1S/C14H18O5/c1-3-19-13(16)11-6-9(2)12(15)7-14(11,17)10-4-5-18-8-10/h4-6,8,11-12,15,17H,3,7H2,1-2H3/t11-,12-,14+/m0/s1. The van der Waals surface area contributed by atoms with Gasteiger partial charge >= 0.3 is 5.97 Å². The van der Waals surface area contributed by atoms with E-state index in [9.17, 15) is 15.0 Å². The van der Waals surface area contributed by atoms with Gasteiger partial charge in [-0.3, -0.25) is 4.79 Å². The summed E-state index contributed by atoms with van der Waals surface area (Å²) in [4.78, 5) is 12.0. The highest BCUT2D eigenvalue weighted by molar-refractivity contribution is 5.77. The van der Waals surface area contributed by atoms with Crippen LogP contribution in [0.25, 0.3) is 0 Å². The van der Waals surface area contributed by atoms with Gasteiger partial charge in [0, 0.05) is 12.0 Å². The van der Waals surface area contributed by atoms with E-state index in [1.54, 1.807) is 26.0 Å². The lowest BCUT2D eigenvalue weighted by molar-refractivity contribution is -0.158. The number of hydrogen-bond donors (Lipinski definition) is 2. The number of aliphatic hydroxyl groups excluding tert-OH is 1. The van der Waals surface area contributed by atoms with E-state index in [0.29, 0.717) is 11.1 Å². The molecule has 1 aliphatic carbocycles. The van der Waals surface area contributed by atoms with Crippen LogP contribution in [0.15, 0.2) is 34.7 Å². The fourth-order valence-electron chi connectivity index (χ4n) is 2.40. The maximum atomic E-state index is 12.0. The Labute approximate surface area is 111 Å². The molecule has 1 aromatic heterocycles. The molecule has 0 spiro atoms. The Kier molecular flexibility index (Phi) is 3.78. The zero-order chi connectivity index (χ0) is 14.0. The van der Waals surface area contributed by atoms with E-state index in [2.05, 4.69) is 0 Å². The van der Waals surface area contributed by atoms with Gasteiger partial charge in [0.05, 0.1) is 25.2 Å². The highest BCUT2D eigenvalue weighted by Crippen LogP contribution is 2.41. The van der Waals surface area contributed by atoms with Crippen LogP contribution in [-0.4, -0.2) is 28.9 Å². The van der Waals surface area contributed by atoms with Crippen LogP contribution in [0.3, 0.4) is 0 Å². The Morgan fingerprint density at radius 2 is 2.37 bits per heavy atom. The van der Waals surface area contributed by atoms with Crippen LogP contribution >= 0.6 is 0 Å². The SMILES string of the molecule is CCOC(=O)[C@@H]1C=C(C)[C@@H](O)C[C@@]1(O)c1ccoc1. The first-order valence-electron chi connectivity index (χ1n) is 6.27. The highest BCUT2D eigenvalue weighted by atomic mass is 16.5. The molecule has 0 bridgehead atoms. The largest absolute Gasteiger partial charge is 0.472 e. The Bertz CT molecular complexity index is 476. The minimum atomic E-state index is -1.50. The summed E-state index contributed by atoms with van der Waals surface area (Å²) in [6.07, 6.45) is 3.63. The molecular formula is C14H18O5. The van der Waals surface area contributed by atoms with Crippen molar-refractivity contribution in [2.24, 2.45) is 5.92 Å². The number of aliphatic hydroxyl groups is 2. The fraction of sp³-hybridized carbons (Fsp3) is 0.500. The molecule has 104 valence electrons. The van der Waals surface area contributed by atoms with Crippen LogP contribution in [0.1, 0.15) is 25.8 Å². The molecule has 5 heteroatoms. The fourth-order valence-corrected chi connectivity index (χ4v) is 2.40. The maximum Gasteiger partial charge on any atom is 0.316 e. The van der Waals surface area contributed by atoms with Crippen molar-refractivity contribution < 1.29 is 24.2 Å². The van der Waals surface area contributed by atoms with Gasteiger partial charge < -0.3 is 19.4 Å². The number of carbonyl (C=O) groups excluding carboxylic acids is 1. The first-order chi connectivity index (χ1) is 8.99. The number of ether oxygens (including phenoxy) is 1. The molecule has 0 aromatic carbocycles. The van der Waals surface area contributed by atoms with Gasteiger partial charge in [-0.2, -0.15) is 0 Å². The third-order valence-corrected chi connectivity index (χ3v) is 3.54. The van der Waals surface area contributed by atoms with Crippen LogP contribution in [0.4, 0.5) is 0 Å². The third-order valence-electron chi connectivity index (χ3n) is 3.54. The van der Waals surface area contributed by atoms with Crippen molar-refractivity contribution in [1.82, 2.24) is 0 Å². The van der Waals surface area contributed by atoms with E-state index >= 15 is 0 Å². The van der Waals surface area contributed by atoms with Crippen LogP contribution in [0.5, 0.6) is 0 Å². The molecule has 19 heavy (non-hydrogen) atoms. The lowest BCUT2D eigenvalue weighted by Gasteiger charge is -2.38. The molecule has 3 atom stereocenters. The summed E-state index contributed by atoms with van der Waals surface area (Å²) in [5.74, 6) is -1.34. The normalized spacial score (nSPS) is 30.8. The highest BCUT2D eigenvalue weighted by Gasteiger charge is 2.47. The van der Waals surface area contributed by atoms with Gasteiger partial charge in [0.25, 0.3) is 0 Å². The van der Waals surface area contributed by atoms with E-state index in [1.165, 1.54) is 12.5 Å². The molecule has 2 N–H and O–H groups in total. The van der Waals surface area contributed by atoms with Crippen molar-refractivity contribution >= 4 is 5.97 Å². The number of esters is 1. The molecule has 2 rings (SSSR count). The van der Waals surface area contributed by atoms with Crippen molar-refractivity contribution in [3.05, 3.63) is 35.8 Å². The van der Waals surface area contributed by atoms with Crippen LogP contribution in [-0.2, 0) is 15.1 Å². The van der Waals surface area contributed by atoms with Gasteiger partial charge in [-0.05, 0) is 25.5 Å². The summed E-state index contributed by atoms with van der Waals surface area (Å²) in [5.41, 5.74) is -0.377.